The molecule has 0 radical (unpaired) electrons. The molecule has 1 saturated heterocycles. The molecule has 0 bridgehead atoms. The monoisotopic (exact) mass is 295 g/mol. The summed E-state index contributed by atoms with van der Waals surface area (Å²) in [5, 5.41) is 18.9. The Labute approximate surface area is 129 Å². The van der Waals surface area contributed by atoms with Crippen LogP contribution in [0.4, 0.5) is 5.82 Å². The van der Waals surface area contributed by atoms with Gasteiger partial charge in [0.25, 0.3) is 0 Å². The van der Waals surface area contributed by atoms with Gasteiger partial charge in [0.05, 0.1) is 25.6 Å². The highest BCUT2D eigenvalue weighted by Gasteiger charge is 2.41. The number of aryl methyl sites for hydroxylation is 1. The third-order valence-corrected chi connectivity index (χ3v) is 3.72. The van der Waals surface area contributed by atoms with Crippen molar-refractivity contribution in [2.75, 3.05) is 18.0 Å². The second kappa shape index (κ2) is 5.70. The van der Waals surface area contributed by atoms with E-state index in [1.165, 1.54) is 0 Å². The Hall–Kier alpha value is -2.52. The largest absolute Gasteiger partial charge is 0.385 e. The second-order valence-corrected chi connectivity index (χ2v) is 5.52. The number of hydrogen-bond donors (Lipinski definition) is 1. The lowest BCUT2D eigenvalue weighted by molar-refractivity contribution is 0.0162. The smallest absolute Gasteiger partial charge is 0.180 e. The Morgan fingerprint density at radius 1 is 1.36 bits per heavy atom. The normalized spacial score (nSPS) is 16.0. The van der Waals surface area contributed by atoms with E-state index in [1.54, 1.807) is 6.20 Å². The van der Waals surface area contributed by atoms with Crippen LogP contribution >= 0.6 is 0 Å². The minimum Gasteiger partial charge on any atom is -0.385 e. The maximum absolute atomic E-state index is 10.1. The summed E-state index contributed by atoms with van der Waals surface area (Å²) < 4.78 is 0. The predicted octanol–water partition coefficient (Wildman–Crippen LogP) is 1.57. The third kappa shape index (κ3) is 2.76. The lowest BCUT2D eigenvalue weighted by Crippen LogP contribution is -2.62. The lowest BCUT2D eigenvalue weighted by Gasteiger charge is -2.46. The van der Waals surface area contributed by atoms with Crippen LogP contribution in [0.5, 0.6) is 0 Å². The van der Waals surface area contributed by atoms with Crippen molar-refractivity contribution < 1.29 is 5.11 Å². The summed E-state index contributed by atoms with van der Waals surface area (Å²) in [7, 11) is 0. The topological polar surface area (TPSA) is 85.9 Å². The van der Waals surface area contributed by atoms with Crippen LogP contribution in [0.3, 0.4) is 0 Å². The van der Waals surface area contributed by atoms with Gasteiger partial charge in [-0.05, 0) is 18.6 Å². The first-order valence-electron chi connectivity index (χ1n) is 7.27. The molecule has 0 saturated carbocycles. The quantitative estimate of drug-likeness (QED) is 0.921. The Morgan fingerprint density at radius 3 is 2.82 bits per heavy atom. The summed E-state index contributed by atoms with van der Waals surface area (Å²) >= 11 is 0. The summed E-state index contributed by atoms with van der Waals surface area (Å²) in [5.41, 5.74) is 0.741. The van der Waals surface area contributed by atoms with E-state index in [0.717, 1.165) is 23.6 Å². The first kappa shape index (κ1) is 14.4. The number of hydrogen-bond acceptors (Lipinski definition) is 6. The molecule has 0 aliphatic carbocycles. The predicted molar refractivity (Wildman–Crippen MR) is 82.0 cm³/mol. The van der Waals surface area contributed by atoms with Gasteiger partial charge in [0.1, 0.15) is 17.1 Å². The molecule has 0 aromatic carbocycles. The summed E-state index contributed by atoms with van der Waals surface area (Å²) in [4.78, 5) is 15.3. The molecule has 0 atom stereocenters. The van der Waals surface area contributed by atoms with Crippen LogP contribution in [0.2, 0.25) is 0 Å². The van der Waals surface area contributed by atoms with Crippen molar-refractivity contribution in [1.82, 2.24) is 15.0 Å². The number of nitriles is 1. The minimum atomic E-state index is -0.919. The fourth-order valence-electron chi connectivity index (χ4n) is 2.52. The molecule has 6 heteroatoms. The zero-order valence-electron chi connectivity index (χ0n) is 12.4. The summed E-state index contributed by atoms with van der Waals surface area (Å²) in [6, 6.07) is 9.58. The molecule has 1 fully saturated rings. The van der Waals surface area contributed by atoms with Crippen molar-refractivity contribution in [1.29, 1.82) is 5.26 Å². The molecular weight excluding hydrogens is 278 g/mol. The van der Waals surface area contributed by atoms with Crippen LogP contribution < -0.4 is 4.90 Å². The molecule has 112 valence electrons. The molecule has 0 spiro atoms. The molecule has 6 nitrogen and oxygen atoms in total. The summed E-state index contributed by atoms with van der Waals surface area (Å²) in [5.74, 6) is 1.36. The van der Waals surface area contributed by atoms with Gasteiger partial charge in [-0.15, -0.1) is 0 Å². The Balaban J connectivity index is 1.89. The van der Waals surface area contributed by atoms with E-state index in [1.807, 2.05) is 42.2 Å². The van der Waals surface area contributed by atoms with Crippen molar-refractivity contribution in [3.63, 3.8) is 0 Å². The van der Waals surface area contributed by atoms with Crippen LogP contribution in [0.15, 0.2) is 30.5 Å². The molecule has 2 aromatic rings. The zero-order valence-corrected chi connectivity index (χ0v) is 12.4. The van der Waals surface area contributed by atoms with Crippen LogP contribution in [0.25, 0.3) is 11.5 Å². The Bertz CT molecular complexity index is 704. The molecule has 1 N–H and O–H groups in total. The van der Waals surface area contributed by atoms with E-state index in [4.69, 9.17) is 5.26 Å². The number of nitrogens with zero attached hydrogens (tertiary/aromatic N) is 5. The highest BCUT2D eigenvalue weighted by Crippen LogP contribution is 2.30. The third-order valence-electron chi connectivity index (χ3n) is 3.72. The summed E-state index contributed by atoms with van der Waals surface area (Å²) in [6.07, 6.45) is 2.65. The van der Waals surface area contributed by atoms with Crippen molar-refractivity contribution in [3.05, 3.63) is 36.2 Å². The van der Waals surface area contributed by atoms with Gasteiger partial charge in [0.15, 0.2) is 5.82 Å². The average molecular weight is 295 g/mol. The number of β-amino-alcohol motifs (C(OH)–C–C–N with tert-alkyl or cyclic N) is 1. The van der Waals surface area contributed by atoms with E-state index in [2.05, 4.69) is 15.0 Å². The molecule has 3 rings (SSSR count). The molecule has 3 heterocycles. The van der Waals surface area contributed by atoms with Gasteiger partial charge in [0.2, 0.25) is 0 Å². The van der Waals surface area contributed by atoms with Gasteiger partial charge in [0, 0.05) is 18.0 Å². The molecular formula is C16H17N5O. The van der Waals surface area contributed by atoms with Crippen LogP contribution in [0.1, 0.15) is 19.0 Å². The first-order chi connectivity index (χ1) is 10.6. The van der Waals surface area contributed by atoms with E-state index < -0.39 is 5.60 Å². The lowest BCUT2D eigenvalue weighted by atomic mass is 9.91. The fraction of sp³-hybridized carbons (Fsp3) is 0.375. The zero-order chi connectivity index (χ0) is 15.6. The summed E-state index contributed by atoms with van der Waals surface area (Å²) in [6.45, 7) is 2.88. The van der Waals surface area contributed by atoms with Crippen LogP contribution in [-0.4, -0.2) is 38.7 Å². The number of anilines is 1. The van der Waals surface area contributed by atoms with Gasteiger partial charge >= 0.3 is 0 Å². The average Bonchev–Trinajstić information content (AvgIpc) is 2.53. The van der Waals surface area contributed by atoms with E-state index in [0.29, 0.717) is 18.9 Å². The molecule has 1 aliphatic heterocycles. The molecule has 0 amide bonds. The number of rotatable bonds is 4. The second-order valence-electron chi connectivity index (χ2n) is 5.52. The first-order valence-corrected chi connectivity index (χ1v) is 7.27. The van der Waals surface area contributed by atoms with E-state index in [9.17, 15) is 5.11 Å². The Morgan fingerprint density at radius 2 is 2.18 bits per heavy atom. The minimum absolute atomic E-state index is 0.141. The van der Waals surface area contributed by atoms with Gasteiger partial charge in [-0.25, -0.2) is 9.97 Å². The highest BCUT2D eigenvalue weighted by atomic mass is 16.3. The van der Waals surface area contributed by atoms with Crippen molar-refractivity contribution >= 4 is 5.82 Å². The van der Waals surface area contributed by atoms with Crippen LogP contribution in [-0.2, 0) is 6.42 Å². The SMILES string of the molecule is CCc1cc(N2CC(O)(CC#N)C2)nc(-c2ccccn2)n1. The van der Waals surface area contributed by atoms with Gasteiger partial charge in [-0.3, -0.25) is 4.98 Å². The van der Waals surface area contributed by atoms with Crippen molar-refractivity contribution in [2.24, 2.45) is 0 Å². The Kier molecular flexibility index (Phi) is 3.73. The van der Waals surface area contributed by atoms with E-state index >= 15 is 0 Å². The standard InChI is InChI=1S/C16H17N5O/c1-2-12-9-14(21-10-16(22,11-21)6-7-17)20-15(19-12)13-5-3-4-8-18-13/h3-5,8-9,22H,2,6,10-11H2,1H3. The molecule has 2 aromatic heterocycles. The van der Waals surface area contributed by atoms with Gasteiger partial charge in [-0.1, -0.05) is 13.0 Å². The number of pyridine rings is 1. The highest BCUT2D eigenvalue weighted by molar-refractivity contribution is 5.55. The number of aliphatic hydroxyl groups is 1. The molecule has 22 heavy (non-hydrogen) atoms. The molecule has 0 unspecified atom stereocenters. The molecule has 1 aliphatic rings. The van der Waals surface area contributed by atoms with Gasteiger partial charge in [-0.2, -0.15) is 5.26 Å². The van der Waals surface area contributed by atoms with E-state index in [-0.39, 0.29) is 6.42 Å². The fourth-order valence-corrected chi connectivity index (χ4v) is 2.52. The maximum Gasteiger partial charge on any atom is 0.180 e. The number of aromatic nitrogens is 3. The maximum atomic E-state index is 10.1. The van der Waals surface area contributed by atoms with Crippen molar-refractivity contribution in [2.45, 2.75) is 25.4 Å². The van der Waals surface area contributed by atoms with Crippen molar-refractivity contribution in [3.8, 4) is 17.6 Å². The van der Waals surface area contributed by atoms with Gasteiger partial charge < -0.3 is 10.0 Å². The van der Waals surface area contributed by atoms with Crippen LogP contribution in [0, 0.1) is 11.3 Å².